The summed E-state index contributed by atoms with van der Waals surface area (Å²) >= 11 is 0. The summed E-state index contributed by atoms with van der Waals surface area (Å²) in [7, 11) is 1.80. The van der Waals surface area contributed by atoms with Crippen molar-refractivity contribution in [3.63, 3.8) is 0 Å². The molecular weight excluding hydrogens is 272 g/mol. The van der Waals surface area contributed by atoms with Crippen LogP contribution in [0.15, 0.2) is 0 Å². The Balaban J connectivity index is 2.59. The van der Waals surface area contributed by atoms with Crippen molar-refractivity contribution in [3.05, 3.63) is 11.4 Å². The summed E-state index contributed by atoms with van der Waals surface area (Å²) in [6.07, 6.45) is 0.480. The number of carbonyl (C=O) groups is 2. The SMILES string of the molecule is Cc1nn(C)c(C)c1NC(=O)CNC(CC(C)C)C(=O)O. The van der Waals surface area contributed by atoms with E-state index in [1.54, 1.807) is 11.7 Å². The number of anilines is 1. The highest BCUT2D eigenvalue weighted by Gasteiger charge is 2.20. The van der Waals surface area contributed by atoms with E-state index in [1.807, 2.05) is 27.7 Å². The summed E-state index contributed by atoms with van der Waals surface area (Å²) in [6, 6.07) is -0.716. The quantitative estimate of drug-likeness (QED) is 0.699. The number of nitrogens with one attached hydrogen (secondary N) is 2. The largest absolute Gasteiger partial charge is 0.480 e. The van der Waals surface area contributed by atoms with E-state index in [2.05, 4.69) is 15.7 Å². The van der Waals surface area contributed by atoms with Gasteiger partial charge in [-0.2, -0.15) is 5.10 Å². The molecule has 0 aromatic carbocycles. The molecular formula is C14H24N4O3. The van der Waals surface area contributed by atoms with Crippen LogP contribution in [0.3, 0.4) is 0 Å². The average molecular weight is 296 g/mol. The number of hydrogen-bond donors (Lipinski definition) is 3. The van der Waals surface area contributed by atoms with Gasteiger partial charge in [0.2, 0.25) is 5.91 Å². The first kappa shape index (κ1) is 17.2. The molecule has 0 aliphatic carbocycles. The number of carboxylic acids is 1. The lowest BCUT2D eigenvalue weighted by Crippen LogP contribution is -2.42. The van der Waals surface area contributed by atoms with Gasteiger partial charge in [0.15, 0.2) is 0 Å². The van der Waals surface area contributed by atoms with Crippen molar-refractivity contribution in [1.82, 2.24) is 15.1 Å². The lowest BCUT2D eigenvalue weighted by Gasteiger charge is -2.16. The van der Waals surface area contributed by atoms with E-state index in [-0.39, 0.29) is 18.4 Å². The van der Waals surface area contributed by atoms with Crippen LogP contribution in [-0.2, 0) is 16.6 Å². The predicted molar refractivity (Wildman–Crippen MR) is 80.2 cm³/mol. The zero-order valence-corrected chi connectivity index (χ0v) is 13.2. The molecule has 7 nitrogen and oxygen atoms in total. The van der Waals surface area contributed by atoms with Crippen molar-refractivity contribution in [3.8, 4) is 0 Å². The van der Waals surface area contributed by atoms with Gasteiger partial charge in [0.25, 0.3) is 0 Å². The third kappa shape index (κ3) is 4.86. The second-order valence-corrected chi connectivity index (χ2v) is 5.62. The molecule has 0 aliphatic rings. The molecule has 1 aromatic heterocycles. The molecule has 0 fully saturated rings. The molecule has 0 saturated heterocycles. The minimum Gasteiger partial charge on any atom is -0.480 e. The first-order chi connectivity index (χ1) is 9.72. The van der Waals surface area contributed by atoms with E-state index in [9.17, 15) is 9.59 Å². The molecule has 0 radical (unpaired) electrons. The molecule has 118 valence electrons. The molecule has 1 amide bonds. The number of amides is 1. The van der Waals surface area contributed by atoms with Gasteiger partial charge in [0.1, 0.15) is 6.04 Å². The highest BCUT2D eigenvalue weighted by Crippen LogP contribution is 2.17. The summed E-state index contributed by atoms with van der Waals surface area (Å²) in [5, 5.41) is 18.9. The summed E-state index contributed by atoms with van der Waals surface area (Å²) in [6.45, 7) is 7.52. The first-order valence-corrected chi connectivity index (χ1v) is 6.98. The Morgan fingerprint density at radius 2 is 1.95 bits per heavy atom. The van der Waals surface area contributed by atoms with E-state index in [1.165, 1.54) is 0 Å². The third-order valence-corrected chi connectivity index (χ3v) is 3.29. The lowest BCUT2D eigenvalue weighted by atomic mass is 10.0. The number of aromatic nitrogens is 2. The van der Waals surface area contributed by atoms with Crippen LogP contribution in [0.4, 0.5) is 5.69 Å². The maximum absolute atomic E-state index is 11.9. The van der Waals surface area contributed by atoms with E-state index in [0.29, 0.717) is 12.1 Å². The Labute approximate surface area is 124 Å². The third-order valence-electron chi connectivity index (χ3n) is 3.29. The average Bonchev–Trinajstić information content (AvgIpc) is 2.60. The molecule has 1 aromatic rings. The van der Waals surface area contributed by atoms with Crippen LogP contribution >= 0.6 is 0 Å². The van der Waals surface area contributed by atoms with Crippen LogP contribution in [0.25, 0.3) is 0 Å². The molecule has 0 saturated carbocycles. The van der Waals surface area contributed by atoms with Gasteiger partial charge in [-0.25, -0.2) is 0 Å². The van der Waals surface area contributed by atoms with Crippen molar-refractivity contribution in [1.29, 1.82) is 0 Å². The van der Waals surface area contributed by atoms with E-state index >= 15 is 0 Å². The maximum atomic E-state index is 11.9. The molecule has 1 heterocycles. The Bertz CT molecular complexity index is 523. The summed E-state index contributed by atoms with van der Waals surface area (Å²) < 4.78 is 1.69. The van der Waals surface area contributed by atoms with Crippen LogP contribution in [0.1, 0.15) is 31.7 Å². The van der Waals surface area contributed by atoms with Crippen molar-refractivity contribution >= 4 is 17.6 Å². The van der Waals surface area contributed by atoms with E-state index in [4.69, 9.17) is 5.11 Å². The standard InChI is InChI=1S/C14H24N4O3/c1-8(2)6-11(14(20)21)15-7-12(19)16-13-9(3)17-18(5)10(13)4/h8,11,15H,6-7H2,1-5H3,(H,16,19)(H,20,21). The van der Waals surface area contributed by atoms with Crippen molar-refractivity contribution in [2.24, 2.45) is 13.0 Å². The molecule has 0 bridgehead atoms. The second kappa shape index (κ2) is 7.21. The predicted octanol–water partition coefficient (Wildman–Crippen LogP) is 1.06. The molecule has 1 rings (SSSR count). The molecule has 0 aliphatic heterocycles. The van der Waals surface area contributed by atoms with Crippen LogP contribution in [-0.4, -0.2) is 39.4 Å². The van der Waals surface area contributed by atoms with Gasteiger partial charge >= 0.3 is 5.97 Å². The summed E-state index contributed by atoms with van der Waals surface area (Å²) in [4.78, 5) is 23.0. The van der Waals surface area contributed by atoms with Crippen molar-refractivity contribution < 1.29 is 14.7 Å². The highest BCUT2D eigenvalue weighted by atomic mass is 16.4. The van der Waals surface area contributed by atoms with Crippen LogP contribution in [0, 0.1) is 19.8 Å². The Kier molecular flexibility index (Phi) is 5.90. The fraction of sp³-hybridized carbons (Fsp3) is 0.643. The van der Waals surface area contributed by atoms with Crippen LogP contribution in [0.5, 0.6) is 0 Å². The Morgan fingerprint density at radius 3 is 2.38 bits per heavy atom. The fourth-order valence-electron chi connectivity index (χ4n) is 2.10. The topological polar surface area (TPSA) is 96.3 Å². The number of aryl methyl sites for hydroxylation is 2. The highest BCUT2D eigenvalue weighted by molar-refractivity contribution is 5.93. The minimum absolute atomic E-state index is 0.0442. The van der Waals surface area contributed by atoms with Gasteiger partial charge in [-0.05, 0) is 26.2 Å². The fourth-order valence-corrected chi connectivity index (χ4v) is 2.10. The monoisotopic (exact) mass is 296 g/mol. The number of carbonyl (C=O) groups excluding carboxylic acids is 1. The Morgan fingerprint density at radius 1 is 1.33 bits per heavy atom. The van der Waals surface area contributed by atoms with Crippen molar-refractivity contribution in [2.75, 3.05) is 11.9 Å². The summed E-state index contributed by atoms with van der Waals surface area (Å²) in [5.41, 5.74) is 2.28. The first-order valence-electron chi connectivity index (χ1n) is 6.98. The zero-order valence-electron chi connectivity index (χ0n) is 13.2. The lowest BCUT2D eigenvalue weighted by molar-refractivity contribution is -0.139. The zero-order chi connectivity index (χ0) is 16.2. The van der Waals surface area contributed by atoms with E-state index < -0.39 is 12.0 Å². The normalized spacial score (nSPS) is 12.5. The van der Waals surface area contributed by atoms with Crippen LogP contribution < -0.4 is 10.6 Å². The summed E-state index contributed by atoms with van der Waals surface area (Å²) in [5.74, 6) is -0.973. The van der Waals surface area contributed by atoms with Gasteiger partial charge < -0.3 is 10.4 Å². The van der Waals surface area contributed by atoms with Gasteiger partial charge in [0.05, 0.1) is 23.6 Å². The minimum atomic E-state index is -0.940. The molecule has 1 unspecified atom stereocenters. The molecule has 1 atom stereocenters. The van der Waals surface area contributed by atoms with Gasteiger partial charge in [-0.1, -0.05) is 13.8 Å². The van der Waals surface area contributed by atoms with Crippen molar-refractivity contribution in [2.45, 2.75) is 40.2 Å². The van der Waals surface area contributed by atoms with Crippen LogP contribution in [0.2, 0.25) is 0 Å². The smallest absolute Gasteiger partial charge is 0.320 e. The van der Waals surface area contributed by atoms with Gasteiger partial charge in [0, 0.05) is 7.05 Å². The number of carboxylic acid groups (broad SMARTS) is 1. The number of rotatable bonds is 7. The molecule has 21 heavy (non-hydrogen) atoms. The number of aliphatic carboxylic acids is 1. The Hall–Kier alpha value is -1.89. The molecule has 0 spiro atoms. The number of hydrogen-bond acceptors (Lipinski definition) is 4. The number of nitrogens with zero attached hydrogens (tertiary/aromatic N) is 2. The molecule has 7 heteroatoms. The molecule has 3 N–H and O–H groups in total. The maximum Gasteiger partial charge on any atom is 0.320 e. The van der Waals surface area contributed by atoms with E-state index in [0.717, 1.165) is 11.4 Å². The van der Waals surface area contributed by atoms with Gasteiger partial charge in [-0.15, -0.1) is 0 Å². The van der Waals surface area contributed by atoms with Gasteiger partial charge in [-0.3, -0.25) is 19.6 Å². The second-order valence-electron chi connectivity index (χ2n) is 5.62.